The van der Waals surface area contributed by atoms with Crippen molar-refractivity contribution in [2.75, 3.05) is 6.54 Å². The molecule has 0 radical (unpaired) electrons. The Bertz CT molecular complexity index is 605. The van der Waals surface area contributed by atoms with Crippen molar-refractivity contribution in [2.24, 2.45) is 10.7 Å². The van der Waals surface area contributed by atoms with Gasteiger partial charge in [-0.15, -0.1) is 45.3 Å². The molecule has 3 nitrogen and oxygen atoms in total. The number of benzene rings is 1. The number of aliphatic imine (C=N–C) groups is 1. The zero-order chi connectivity index (χ0) is 15.3. The summed E-state index contributed by atoms with van der Waals surface area (Å²) in [6.07, 6.45) is 0.986. The minimum Gasteiger partial charge on any atom is -0.383 e. The van der Waals surface area contributed by atoms with Crippen molar-refractivity contribution in [3.05, 3.63) is 52.2 Å². The third kappa shape index (κ3) is 8.11. The summed E-state index contributed by atoms with van der Waals surface area (Å²) in [6, 6.07) is 12.2. The molecule has 128 valence electrons. The van der Waals surface area contributed by atoms with Gasteiger partial charge in [-0.3, -0.25) is 0 Å². The smallest absolute Gasteiger partial charge is 0.141 e. The van der Waals surface area contributed by atoms with Crippen LogP contribution in [-0.2, 0) is 6.42 Å². The average molecular weight is 463 g/mol. The molecule has 1 aromatic carbocycles. The summed E-state index contributed by atoms with van der Waals surface area (Å²) >= 11 is 1.61. The predicted molar refractivity (Wildman–Crippen MR) is 113 cm³/mol. The Balaban J connectivity index is 0.00000242. The van der Waals surface area contributed by atoms with Crippen LogP contribution in [0.25, 0.3) is 0 Å². The van der Waals surface area contributed by atoms with Crippen LogP contribution in [0.3, 0.4) is 0 Å². The molecule has 1 heterocycles. The van der Waals surface area contributed by atoms with E-state index in [1.807, 2.05) is 29.6 Å². The lowest BCUT2D eigenvalue weighted by Crippen LogP contribution is -2.37. The van der Waals surface area contributed by atoms with Crippen LogP contribution < -0.4 is 11.1 Å². The fraction of sp³-hybridized carbons (Fsp3) is 0.353. The Labute approximate surface area is 163 Å². The second-order valence-electron chi connectivity index (χ2n) is 6.07. The third-order valence-electron chi connectivity index (χ3n) is 3.00. The number of nitrogens with two attached hydrogens (primary N) is 1. The predicted octanol–water partition coefficient (Wildman–Crippen LogP) is 4.87. The van der Waals surface area contributed by atoms with Gasteiger partial charge in [-0.05, 0) is 62.9 Å². The van der Waals surface area contributed by atoms with Gasteiger partial charge in [0.1, 0.15) is 5.84 Å². The second-order valence-corrected chi connectivity index (χ2v) is 7.02. The van der Waals surface area contributed by atoms with Crippen LogP contribution in [0.1, 0.15) is 31.2 Å². The van der Waals surface area contributed by atoms with Gasteiger partial charge in [-0.25, -0.2) is 4.99 Å². The maximum atomic E-state index is 6.03. The first-order valence-corrected chi connectivity index (χ1v) is 8.04. The maximum Gasteiger partial charge on any atom is 0.141 e. The summed E-state index contributed by atoms with van der Waals surface area (Å²) in [7, 11) is 0. The normalized spacial score (nSPS) is 11.5. The molecule has 23 heavy (non-hydrogen) atoms. The molecule has 0 saturated carbocycles. The molecule has 0 bridgehead atoms. The zero-order valence-electron chi connectivity index (χ0n) is 13.7. The van der Waals surface area contributed by atoms with Crippen LogP contribution in [-0.4, -0.2) is 17.9 Å². The number of nitrogens with zero attached hydrogens (tertiary/aromatic N) is 1. The molecule has 0 fully saturated rings. The number of amidine groups is 1. The number of thiophene rings is 1. The van der Waals surface area contributed by atoms with Crippen LogP contribution in [0, 0.1) is 0 Å². The summed E-state index contributed by atoms with van der Waals surface area (Å²) in [4.78, 5) is 5.51. The van der Waals surface area contributed by atoms with Crippen LogP contribution in [0.15, 0.2) is 46.8 Å². The SMILES string of the molecule is Br.Br.CC(C)(C)NCCc1cccc(N=C(N)c2cccs2)c1. The van der Waals surface area contributed by atoms with E-state index in [0.29, 0.717) is 5.84 Å². The Kier molecular flexibility index (Phi) is 9.93. The van der Waals surface area contributed by atoms with Crippen molar-refractivity contribution < 1.29 is 0 Å². The first kappa shape index (κ1) is 22.3. The van der Waals surface area contributed by atoms with Crippen molar-refractivity contribution in [3.8, 4) is 0 Å². The van der Waals surface area contributed by atoms with Gasteiger partial charge in [-0.1, -0.05) is 18.2 Å². The van der Waals surface area contributed by atoms with Crippen molar-refractivity contribution in [3.63, 3.8) is 0 Å². The number of nitrogens with one attached hydrogen (secondary N) is 1. The highest BCUT2D eigenvalue weighted by molar-refractivity contribution is 8.93. The van der Waals surface area contributed by atoms with Gasteiger partial charge >= 0.3 is 0 Å². The summed E-state index contributed by atoms with van der Waals surface area (Å²) in [5, 5.41) is 5.50. The summed E-state index contributed by atoms with van der Waals surface area (Å²) in [5.41, 5.74) is 8.36. The average Bonchev–Trinajstić information content (AvgIpc) is 2.91. The summed E-state index contributed by atoms with van der Waals surface area (Å²) < 4.78 is 0. The van der Waals surface area contributed by atoms with Crippen LogP contribution in [0.2, 0.25) is 0 Å². The molecule has 0 aliphatic heterocycles. The van der Waals surface area contributed by atoms with Crippen LogP contribution in [0.4, 0.5) is 5.69 Å². The van der Waals surface area contributed by atoms with E-state index < -0.39 is 0 Å². The highest BCUT2D eigenvalue weighted by Gasteiger charge is 2.07. The first-order valence-electron chi connectivity index (χ1n) is 7.16. The minimum absolute atomic E-state index is 0. The number of hydrogen-bond acceptors (Lipinski definition) is 3. The van der Waals surface area contributed by atoms with Crippen molar-refractivity contribution in [1.82, 2.24) is 5.32 Å². The lowest BCUT2D eigenvalue weighted by Gasteiger charge is -2.20. The third-order valence-corrected chi connectivity index (χ3v) is 3.90. The van der Waals surface area contributed by atoms with Crippen molar-refractivity contribution >= 4 is 56.8 Å². The molecule has 6 heteroatoms. The molecule has 0 aliphatic carbocycles. The lowest BCUT2D eigenvalue weighted by atomic mass is 10.1. The lowest BCUT2D eigenvalue weighted by molar-refractivity contribution is 0.429. The molecule has 2 aromatic rings. The van der Waals surface area contributed by atoms with Crippen molar-refractivity contribution in [1.29, 1.82) is 0 Å². The Morgan fingerprint density at radius 1 is 1.17 bits per heavy atom. The molecular weight excluding hydrogens is 438 g/mol. The zero-order valence-corrected chi connectivity index (χ0v) is 17.9. The first-order chi connectivity index (χ1) is 9.94. The molecule has 0 spiro atoms. The van der Waals surface area contributed by atoms with Gasteiger partial charge in [-0.2, -0.15) is 0 Å². The van der Waals surface area contributed by atoms with E-state index >= 15 is 0 Å². The molecule has 0 saturated heterocycles. The van der Waals surface area contributed by atoms with Gasteiger partial charge in [0.05, 0.1) is 10.6 Å². The molecular formula is C17H25Br2N3S. The largest absolute Gasteiger partial charge is 0.383 e. The van der Waals surface area contributed by atoms with Gasteiger partial charge in [0.2, 0.25) is 0 Å². The molecule has 0 aliphatic rings. The van der Waals surface area contributed by atoms with E-state index in [1.54, 1.807) is 11.3 Å². The minimum atomic E-state index is 0. The monoisotopic (exact) mass is 461 g/mol. The molecule has 2 rings (SSSR count). The second kappa shape index (κ2) is 10.2. The Morgan fingerprint density at radius 3 is 2.52 bits per heavy atom. The topological polar surface area (TPSA) is 50.4 Å². The fourth-order valence-electron chi connectivity index (χ4n) is 1.98. The van der Waals surface area contributed by atoms with E-state index in [4.69, 9.17) is 5.73 Å². The van der Waals surface area contributed by atoms with E-state index in [0.717, 1.165) is 23.5 Å². The molecule has 0 atom stereocenters. The van der Waals surface area contributed by atoms with Gasteiger partial charge in [0, 0.05) is 5.54 Å². The van der Waals surface area contributed by atoms with E-state index in [9.17, 15) is 0 Å². The Morgan fingerprint density at radius 2 is 1.91 bits per heavy atom. The highest BCUT2D eigenvalue weighted by Crippen LogP contribution is 2.17. The molecule has 3 N–H and O–H groups in total. The highest BCUT2D eigenvalue weighted by atomic mass is 79.9. The summed E-state index contributed by atoms with van der Waals surface area (Å²) in [5.74, 6) is 0.579. The van der Waals surface area contributed by atoms with E-state index in [-0.39, 0.29) is 39.5 Å². The molecule has 0 unspecified atom stereocenters. The maximum absolute atomic E-state index is 6.03. The Hall–Kier alpha value is -0.690. The number of rotatable bonds is 5. The standard InChI is InChI=1S/C17H23N3S.2BrH/c1-17(2,3)19-10-9-13-6-4-7-14(12-13)20-16(18)15-8-5-11-21-15;;/h4-8,11-12,19H,9-10H2,1-3H3,(H2,18,20);2*1H. The summed E-state index contributed by atoms with van der Waals surface area (Å²) in [6.45, 7) is 7.48. The van der Waals surface area contributed by atoms with E-state index in [2.05, 4.69) is 43.2 Å². The quantitative estimate of drug-likeness (QED) is 0.491. The molecule has 1 aromatic heterocycles. The van der Waals surface area contributed by atoms with Gasteiger partial charge in [0.15, 0.2) is 0 Å². The van der Waals surface area contributed by atoms with Crippen LogP contribution in [0.5, 0.6) is 0 Å². The van der Waals surface area contributed by atoms with Crippen LogP contribution >= 0.6 is 45.3 Å². The number of halogens is 2. The van der Waals surface area contributed by atoms with E-state index in [1.165, 1.54) is 5.56 Å². The molecule has 0 amide bonds. The van der Waals surface area contributed by atoms with Gasteiger partial charge in [0.25, 0.3) is 0 Å². The van der Waals surface area contributed by atoms with Gasteiger partial charge < -0.3 is 11.1 Å². The number of hydrogen-bond donors (Lipinski definition) is 2. The van der Waals surface area contributed by atoms with Crippen molar-refractivity contribution in [2.45, 2.75) is 32.7 Å². The fourth-order valence-corrected chi connectivity index (χ4v) is 2.61.